The molecule has 26 heteroatoms. The molecule has 0 aromatic heterocycles. The predicted molar refractivity (Wildman–Crippen MR) is 334 cm³/mol. The molecule has 3 aliphatic heterocycles. The lowest BCUT2D eigenvalue weighted by Crippen LogP contribution is -2.72. The molecule has 3 saturated heterocycles. The third kappa shape index (κ3) is 17.8. The summed E-state index contributed by atoms with van der Waals surface area (Å²) in [5.41, 5.74) is -1.39. The quantitative estimate of drug-likeness (QED) is 0.193. The molecule has 26 nitrogen and oxygen atoms in total. The first-order valence-corrected chi connectivity index (χ1v) is 31.5. The molecule has 504 valence electrons. The number of ether oxygens (including phenoxy) is 1. The molecular weight excluding hydrogens is 1150 g/mol. The summed E-state index contributed by atoms with van der Waals surface area (Å²) in [5.74, 6) is -9.84. The molecule has 1 unspecified atom stereocenters. The summed E-state index contributed by atoms with van der Waals surface area (Å²) >= 11 is 0. The van der Waals surface area contributed by atoms with E-state index in [-0.39, 0.29) is 43.4 Å². The van der Waals surface area contributed by atoms with Crippen LogP contribution in [0.4, 0.5) is 4.79 Å². The Kier molecular flexibility index (Phi) is 27.7. The van der Waals surface area contributed by atoms with E-state index >= 15 is 19.2 Å². The van der Waals surface area contributed by atoms with Crippen molar-refractivity contribution in [3.8, 4) is 0 Å². The van der Waals surface area contributed by atoms with Crippen molar-refractivity contribution in [3.63, 3.8) is 0 Å². The minimum absolute atomic E-state index is 0.0141. The molecule has 12 amide bonds. The van der Waals surface area contributed by atoms with Gasteiger partial charge in [-0.2, -0.15) is 0 Å². The zero-order chi connectivity index (χ0) is 68.3. The van der Waals surface area contributed by atoms with Crippen LogP contribution < -0.4 is 21.3 Å². The van der Waals surface area contributed by atoms with E-state index in [1.807, 2.05) is 53.7 Å². The molecule has 0 aromatic rings. The van der Waals surface area contributed by atoms with Crippen molar-refractivity contribution in [2.75, 3.05) is 55.9 Å². The Bertz CT molecular complexity index is 2610. The first-order valence-electron chi connectivity index (χ1n) is 31.5. The molecule has 0 saturated carbocycles. The van der Waals surface area contributed by atoms with Crippen molar-refractivity contribution in [3.05, 3.63) is 12.2 Å². The smallest absolute Gasteiger partial charge is 0.406 e. The van der Waals surface area contributed by atoms with E-state index in [1.54, 1.807) is 55.4 Å². The highest BCUT2D eigenvalue weighted by Crippen LogP contribution is 2.35. The molecule has 14 atom stereocenters. The molecule has 0 radical (unpaired) electrons. The number of likely N-dealkylation sites (N-methyl/N-ethyl adjacent to an activating group) is 6. The number of amides is 12. The van der Waals surface area contributed by atoms with Crippen LogP contribution in [-0.2, 0) is 62.3 Å². The fourth-order valence-electron chi connectivity index (χ4n) is 12.2. The van der Waals surface area contributed by atoms with Crippen LogP contribution in [0.1, 0.15) is 150 Å². The first-order chi connectivity index (χ1) is 41.2. The topological polar surface area (TPSA) is 297 Å². The van der Waals surface area contributed by atoms with Gasteiger partial charge in [-0.1, -0.05) is 95.2 Å². The Morgan fingerprint density at radius 3 is 1.70 bits per heavy atom. The molecule has 3 aliphatic rings. The van der Waals surface area contributed by atoms with Crippen molar-refractivity contribution in [1.29, 1.82) is 0 Å². The van der Waals surface area contributed by atoms with Crippen LogP contribution in [0, 0.1) is 35.0 Å². The van der Waals surface area contributed by atoms with E-state index in [2.05, 4.69) is 21.3 Å². The van der Waals surface area contributed by atoms with Crippen molar-refractivity contribution in [2.45, 2.75) is 228 Å². The lowest BCUT2D eigenvalue weighted by Gasteiger charge is -2.50. The van der Waals surface area contributed by atoms with Gasteiger partial charge in [0.25, 0.3) is 5.91 Å². The van der Waals surface area contributed by atoms with Crippen LogP contribution >= 0.6 is 0 Å². The number of nitrogens with zero attached hydrogens (tertiary/aromatic N) is 8. The number of rotatable bonds is 13. The fourth-order valence-corrected chi connectivity index (χ4v) is 12.2. The number of nitrogens with one attached hydrogen (secondary N) is 4. The summed E-state index contributed by atoms with van der Waals surface area (Å²) in [4.78, 5) is 192. The third-order valence-corrected chi connectivity index (χ3v) is 17.8. The SMILES string of the molecule is C/C=C/C[C@@H](C)[C@H]1ON2C(=O)[C@H](C(C)C)N(C)C(=O)[C@@H]3CC(C)N(C(=O)[C@H](C)NC(=O)[C@H](CC(C)C)N(C)C(=O)[C@H](C(C)C)NC(=O)[C@H](C(C)(C)COC(=O)NC)N(C)C(=O)[C@@H](C)N(C)C(=O)[C@H](CC)NC(=O)[C@H]12)[C@H](C)C(=O)N(C)[C@@H](CC(C)C)C(=O)N3C. The number of carbonyl (C=O) groups excluding carboxylic acids is 12. The summed E-state index contributed by atoms with van der Waals surface area (Å²) in [6, 6.07) is -15.5. The third-order valence-electron chi connectivity index (χ3n) is 17.8. The van der Waals surface area contributed by atoms with Crippen LogP contribution in [0.2, 0.25) is 0 Å². The normalized spacial score (nSPS) is 29.4. The van der Waals surface area contributed by atoms with Gasteiger partial charge >= 0.3 is 6.09 Å². The van der Waals surface area contributed by atoms with Gasteiger partial charge in [-0.15, -0.1) is 0 Å². The number of hydrogen-bond acceptors (Lipinski definition) is 14. The van der Waals surface area contributed by atoms with Gasteiger partial charge in [-0.05, 0) is 96.3 Å². The molecule has 3 rings (SSSR count). The number of allylic oxidation sites excluding steroid dienone is 2. The average molecular weight is 1260 g/mol. The van der Waals surface area contributed by atoms with Gasteiger partial charge in [-0.3, -0.25) is 57.6 Å². The number of carbonyl (C=O) groups is 12. The molecule has 0 aromatic carbocycles. The number of fused-ring (bicyclic) bond motifs is 4. The Morgan fingerprint density at radius 2 is 1.18 bits per heavy atom. The monoisotopic (exact) mass is 1260 g/mol. The van der Waals surface area contributed by atoms with Gasteiger partial charge in [0.2, 0.25) is 59.1 Å². The molecule has 0 spiro atoms. The number of alkyl carbamates (subject to hydrolysis) is 1. The van der Waals surface area contributed by atoms with Crippen molar-refractivity contribution < 1.29 is 67.1 Å². The van der Waals surface area contributed by atoms with Crippen LogP contribution in [-0.4, -0.2) is 245 Å². The maximum Gasteiger partial charge on any atom is 0.406 e. The molecule has 3 heterocycles. The van der Waals surface area contributed by atoms with Crippen LogP contribution in [0.3, 0.4) is 0 Å². The van der Waals surface area contributed by atoms with Crippen molar-refractivity contribution in [2.24, 2.45) is 35.0 Å². The highest BCUT2D eigenvalue weighted by Gasteiger charge is 2.55. The van der Waals surface area contributed by atoms with Crippen LogP contribution in [0.5, 0.6) is 0 Å². The largest absolute Gasteiger partial charge is 0.449 e. The molecule has 4 N–H and O–H groups in total. The van der Waals surface area contributed by atoms with Crippen molar-refractivity contribution >= 4 is 71.1 Å². The van der Waals surface area contributed by atoms with E-state index in [4.69, 9.17) is 9.57 Å². The first kappa shape index (κ1) is 76.4. The Balaban J connectivity index is 2.46. The van der Waals surface area contributed by atoms with E-state index in [0.29, 0.717) is 6.42 Å². The Labute approximate surface area is 528 Å². The zero-order valence-corrected chi connectivity index (χ0v) is 57.6. The second kappa shape index (κ2) is 32.2. The lowest BCUT2D eigenvalue weighted by molar-refractivity contribution is -0.321. The van der Waals surface area contributed by atoms with E-state index in [0.717, 1.165) is 14.9 Å². The molecule has 0 aliphatic carbocycles. The molecule has 89 heavy (non-hydrogen) atoms. The van der Waals surface area contributed by atoms with E-state index in [9.17, 15) is 38.4 Å². The van der Waals surface area contributed by atoms with Gasteiger partial charge in [0, 0.05) is 60.8 Å². The van der Waals surface area contributed by atoms with E-state index in [1.165, 1.54) is 94.6 Å². The molecular formula is C63H108N12O14. The summed E-state index contributed by atoms with van der Waals surface area (Å²) in [5, 5.41) is 11.8. The van der Waals surface area contributed by atoms with Gasteiger partial charge < -0.3 is 60.3 Å². The second-order valence-electron chi connectivity index (χ2n) is 27.0. The summed E-state index contributed by atoms with van der Waals surface area (Å²) < 4.78 is 5.47. The highest BCUT2D eigenvalue weighted by atomic mass is 16.7. The number of hydrogen-bond donors (Lipinski definition) is 4. The van der Waals surface area contributed by atoms with Gasteiger partial charge in [0.05, 0.1) is 0 Å². The summed E-state index contributed by atoms with van der Waals surface area (Å²) in [6.07, 6.45) is 2.44. The summed E-state index contributed by atoms with van der Waals surface area (Å²) in [7, 11) is 9.76. The molecule has 2 bridgehead atoms. The minimum atomic E-state index is -1.50. The lowest BCUT2D eigenvalue weighted by atomic mass is 9.83. The maximum absolute atomic E-state index is 15.5. The minimum Gasteiger partial charge on any atom is -0.449 e. The van der Waals surface area contributed by atoms with E-state index < -0.39 is 174 Å². The van der Waals surface area contributed by atoms with Gasteiger partial charge in [0.1, 0.15) is 73.1 Å². The predicted octanol–water partition coefficient (Wildman–Crippen LogP) is 2.78. The second-order valence-corrected chi connectivity index (χ2v) is 27.0. The number of hydroxylamine groups is 2. The van der Waals surface area contributed by atoms with Gasteiger partial charge in [-0.25, -0.2) is 9.86 Å². The fraction of sp³-hybridized carbons (Fsp3) is 0.778. The highest BCUT2D eigenvalue weighted by molar-refractivity contribution is 6.00. The Hall–Kier alpha value is -6.86. The van der Waals surface area contributed by atoms with Crippen LogP contribution in [0.25, 0.3) is 0 Å². The molecule has 3 fully saturated rings. The maximum atomic E-state index is 15.5. The van der Waals surface area contributed by atoms with Crippen LogP contribution in [0.15, 0.2) is 12.2 Å². The Morgan fingerprint density at radius 1 is 0.629 bits per heavy atom. The summed E-state index contributed by atoms with van der Waals surface area (Å²) in [6.45, 7) is 28.3. The average Bonchev–Trinajstić information content (AvgIpc) is 1.14. The van der Waals surface area contributed by atoms with Gasteiger partial charge in [0.15, 0.2) is 6.04 Å². The van der Waals surface area contributed by atoms with Crippen molar-refractivity contribution in [1.82, 2.24) is 60.6 Å². The zero-order valence-electron chi connectivity index (χ0n) is 57.6. The standard InChI is InChI=1S/C63H108N12O14/c1-25-27-28-37(11)49-48-52(77)66-42(26-2)57(82)68(19)40(14)55(80)73(24)50(63(16,17)32-88-62(87)64-18)53(78)67-46(35(7)8)60(85)69(20)43(29-33(3)4)51(76)65-39(13)54(79)74-38(12)31-45(59(84)72(23)47(36(9)10)61(86)75(48)89-49)71(22)58(83)44(30-34(5)6)70(21)56(81)41(74)15/h25,27,33-50H,26,28-32H2,1-24H3,(H,64,87)(H,65,76)(H,66,77)(H,67,78)/b27-25+/t37-,38?,39+,40-,41-,42+,43+,44+,45+,46+,47+,48+,49-,50-/m1/s1.